The summed E-state index contributed by atoms with van der Waals surface area (Å²) in [7, 11) is 3.25. The Labute approximate surface area is 59.9 Å². The van der Waals surface area contributed by atoms with E-state index in [9.17, 15) is 4.79 Å². The van der Waals surface area contributed by atoms with Gasteiger partial charge in [-0.25, -0.2) is 0 Å². The number of morpholine rings is 1. The molecule has 10 heavy (non-hydrogen) atoms. The number of nitrogens with one attached hydrogen (secondary N) is 2. The van der Waals surface area contributed by atoms with Crippen molar-refractivity contribution in [3.8, 4) is 0 Å². The maximum atomic E-state index is 10.8. The average molecular weight is 143 g/mol. The van der Waals surface area contributed by atoms with E-state index in [4.69, 9.17) is 4.74 Å². The van der Waals surface area contributed by atoms with E-state index in [0.29, 0.717) is 13.2 Å². The Bertz CT molecular complexity index is 121. The highest BCUT2D eigenvalue weighted by molar-refractivity contribution is 5.81. The van der Waals surface area contributed by atoms with Crippen LogP contribution in [0.5, 0.6) is 0 Å². The maximum absolute atomic E-state index is 10.8. The molecule has 1 aliphatic heterocycles. The number of ether oxygens (including phenoxy) is 1. The van der Waals surface area contributed by atoms with Crippen molar-refractivity contribution in [2.75, 3.05) is 19.7 Å². The van der Waals surface area contributed by atoms with Gasteiger partial charge in [-0.05, 0) is 0 Å². The fourth-order valence-electron chi connectivity index (χ4n) is 0.848. The number of carbonyl (C=O) groups excluding carboxylic acids is 1. The lowest BCUT2D eigenvalue weighted by molar-refractivity contribution is -0.133. The van der Waals surface area contributed by atoms with Gasteiger partial charge in [0.2, 0.25) is 0 Å². The molecule has 2 N–H and O–H groups in total. The monoisotopic (exact) mass is 143 g/mol. The second-order valence-corrected chi connectivity index (χ2v) is 2.10. The molecule has 1 amide bonds. The van der Waals surface area contributed by atoms with Crippen LogP contribution in [0.1, 0.15) is 0 Å². The highest BCUT2D eigenvalue weighted by Crippen LogP contribution is 1.94. The first-order valence-corrected chi connectivity index (χ1v) is 3.24. The van der Waals surface area contributed by atoms with Crippen LogP contribution in [0.4, 0.5) is 0 Å². The van der Waals surface area contributed by atoms with Gasteiger partial charge in [0.1, 0.15) is 6.10 Å². The molecule has 0 spiro atoms. The van der Waals surface area contributed by atoms with Crippen molar-refractivity contribution in [1.82, 2.24) is 10.6 Å². The van der Waals surface area contributed by atoms with Crippen molar-refractivity contribution in [2.45, 2.75) is 6.10 Å². The largest absolute Gasteiger partial charge is 0.366 e. The fourth-order valence-corrected chi connectivity index (χ4v) is 0.848. The van der Waals surface area contributed by atoms with Gasteiger partial charge in [0.25, 0.3) is 5.91 Å². The van der Waals surface area contributed by atoms with Crippen LogP contribution in [-0.2, 0) is 9.53 Å². The van der Waals surface area contributed by atoms with Crippen molar-refractivity contribution in [3.63, 3.8) is 0 Å². The lowest BCUT2D eigenvalue weighted by Crippen LogP contribution is -2.46. The predicted octanol–water partition coefficient (Wildman–Crippen LogP) is -1.12. The van der Waals surface area contributed by atoms with Gasteiger partial charge in [-0.15, -0.1) is 0 Å². The van der Waals surface area contributed by atoms with Crippen molar-refractivity contribution in [1.29, 1.82) is 0 Å². The summed E-state index contributed by atoms with van der Waals surface area (Å²) in [6.07, 6.45) is -0.355. The molecule has 1 rings (SSSR count). The minimum atomic E-state index is -0.355. The van der Waals surface area contributed by atoms with Crippen LogP contribution in [-0.4, -0.2) is 31.7 Å². The van der Waals surface area contributed by atoms with Gasteiger partial charge in [-0.3, -0.25) is 4.79 Å². The van der Waals surface area contributed by atoms with Crippen molar-refractivity contribution >= 4 is 5.91 Å². The molecular formula is C6H11N2O2. The van der Waals surface area contributed by atoms with Crippen LogP contribution < -0.4 is 10.6 Å². The van der Waals surface area contributed by atoms with Crippen molar-refractivity contribution in [3.05, 3.63) is 7.05 Å². The van der Waals surface area contributed by atoms with E-state index < -0.39 is 0 Å². The third kappa shape index (κ3) is 1.68. The highest BCUT2D eigenvalue weighted by atomic mass is 16.5. The van der Waals surface area contributed by atoms with E-state index >= 15 is 0 Å². The van der Waals surface area contributed by atoms with E-state index in [0.717, 1.165) is 6.54 Å². The highest BCUT2D eigenvalue weighted by Gasteiger charge is 2.19. The molecule has 0 aromatic rings. The minimum absolute atomic E-state index is 0.160. The van der Waals surface area contributed by atoms with Gasteiger partial charge in [0.15, 0.2) is 0 Å². The lowest BCUT2D eigenvalue weighted by Gasteiger charge is -2.21. The molecule has 0 bridgehead atoms. The zero-order valence-electron chi connectivity index (χ0n) is 5.72. The standard InChI is InChI=1S/C6H11N2O2/c1-7-6(9)5-4-8-2-3-10-5/h5,8H,1-4H2,(H,7,9). The third-order valence-corrected chi connectivity index (χ3v) is 1.39. The molecule has 1 aliphatic rings. The van der Waals surface area contributed by atoms with E-state index in [1.165, 1.54) is 0 Å². The molecule has 1 fully saturated rings. The molecule has 0 aromatic heterocycles. The molecule has 57 valence electrons. The Morgan fingerprint density at radius 2 is 2.60 bits per heavy atom. The molecule has 1 unspecified atom stereocenters. The summed E-state index contributed by atoms with van der Waals surface area (Å²) in [5.74, 6) is -0.160. The Morgan fingerprint density at radius 1 is 1.80 bits per heavy atom. The summed E-state index contributed by atoms with van der Waals surface area (Å²) in [6, 6.07) is 0. The second-order valence-electron chi connectivity index (χ2n) is 2.10. The van der Waals surface area contributed by atoms with Gasteiger partial charge < -0.3 is 15.4 Å². The first-order chi connectivity index (χ1) is 4.84. The Kier molecular flexibility index (Phi) is 2.65. The fraction of sp³-hybridized carbons (Fsp3) is 0.667. The van der Waals surface area contributed by atoms with Crippen LogP contribution in [0.3, 0.4) is 0 Å². The van der Waals surface area contributed by atoms with Crippen LogP contribution in [0.25, 0.3) is 0 Å². The van der Waals surface area contributed by atoms with E-state index in [-0.39, 0.29) is 12.0 Å². The number of carbonyl (C=O) groups is 1. The second kappa shape index (κ2) is 3.53. The van der Waals surface area contributed by atoms with E-state index in [1.807, 2.05) is 0 Å². The average Bonchev–Trinajstić information content (AvgIpc) is 2.05. The Balaban J connectivity index is 2.31. The number of amides is 1. The summed E-state index contributed by atoms with van der Waals surface area (Å²) in [4.78, 5) is 10.8. The predicted molar refractivity (Wildman–Crippen MR) is 36.1 cm³/mol. The van der Waals surface area contributed by atoms with Crippen LogP contribution in [0.2, 0.25) is 0 Å². The molecule has 0 aliphatic carbocycles. The zero-order chi connectivity index (χ0) is 7.40. The molecule has 0 saturated carbocycles. The SMILES string of the molecule is [CH2]NC(=O)C1CNCCO1. The lowest BCUT2D eigenvalue weighted by atomic mass is 10.3. The Morgan fingerprint density at radius 3 is 3.10 bits per heavy atom. The summed E-state index contributed by atoms with van der Waals surface area (Å²) in [6.45, 7) is 2.00. The maximum Gasteiger partial charge on any atom is 0.250 e. The quantitative estimate of drug-likeness (QED) is 0.489. The molecule has 1 heterocycles. The zero-order valence-corrected chi connectivity index (χ0v) is 5.72. The molecule has 1 radical (unpaired) electrons. The normalized spacial score (nSPS) is 25.9. The number of hydrogen-bond donors (Lipinski definition) is 2. The van der Waals surface area contributed by atoms with Gasteiger partial charge in [-0.1, -0.05) is 0 Å². The van der Waals surface area contributed by atoms with Gasteiger partial charge >= 0.3 is 0 Å². The first-order valence-electron chi connectivity index (χ1n) is 3.24. The van der Waals surface area contributed by atoms with E-state index in [2.05, 4.69) is 17.7 Å². The number of hydrogen-bond acceptors (Lipinski definition) is 3. The topological polar surface area (TPSA) is 50.4 Å². The molecule has 4 heteroatoms. The van der Waals surface area contributed by atoms with Crippen LogP contribution >= 0.6 is 0 Å². The van der Waals surface area contributed by atoms with Gasteiger partial charge in [-0.2, -0.15) is 0 Å². The summed E-state index contributed by atoms with van der Waals surface area (Å²) in [5, 5.41) is 5.32. The molecule has 4 nitrogen and oxygen atoms in total. The van der Waals surface area contributed by atoms with E-state index in [1.54, 1.807) is 0 Å². The number of rotatable bonds is 1. The molecule has 1 atom stereocenters. The summed E-state index contributed by atoms with van der Waals surface area (Å²) in [5.41, 5.74) is 0. The van der Waals surface area contributed by atoms with Gasteiger partial charge in [0, 0.05) is 20.1 Å². The van der Waals surface area contributed by atoms with Crippen LogP contribution in [0, 0.1) is 7.05 Å². The van der Waals surface area contributed by atoms with Crippen LogP contribution in [0.15, 0.2) is 0 Å². The van der Waals surface area contributed by atoms with Crippen molar-refractivity contribution < 1.29 is 9.53 Å². The Hall–Kier alpha value is -0.610. The minimum Gasteiger partial charge on any atom is -0.366 e. The van der Waals surface area contributed by atoms with Gasteiger partial charge in [0.05, 0.1) is 6.61 Å². The summed E-state index contributed by atoms with van der Waals surface area (Å²) >= 11 is 0. The molecule has 0 aromatic carbocycles. The van der Waals surface area contributed by atoms with Crippen molar-refractivity contribution in [2.24, 2.45) is 0 Å². The summed E-state index contributed by atoms with van der Waals surface area (Å²) < 4.78 is 5.12. The smallest absolute Gasteiger partial charge is 0.250 e. The molecule has 1 saturated heterocycles. The first kappa shape index (κ1) is 7.50. The third-order valence-electron chi connectivity index (χ3n) is 1.39. The molecular weight excluding hydrogens is 132 g/mol.